The molecule has 0 aromatic heterocycles. The van der Waals surface area contributed by atoms with Crippen molar-refractivity contribution in [3.63, 3.8) is 0 Å². The number of carbonyl (C=O) groups is 1. The number of halogens is 3. The Labute approximate surface area is 138 Å². The number of nitrogens with one attached hydrogen (secondary N) is 1. The number of hydrogen-bond donors (Lipinski definition) is 2. The van der Waals surface area contributed by atoms with Crippen molar-refractivity contribution in [1.29, 1.82) is 0 Å². The van der Waals surface area contributed by atoms with E-state index in [9.17, 15) is 13.2 Å². The normalized spacial score (nSPS) is 31.0. The van der Waals surface area contributed by atoms with Gasteiger partial charge in [-0.05, 0) is 31.7 Å². The van der Waals surface area contributed by atoms with Crippen LogP contribution in [0.15, 0.2) is 0 Å². The van der Waals surface area contributed by atoms with E-state index in [0.29, 0.717) is 12.0 Å². The van der Waals surface area contributed by atoms with E-state index in [1.165, 1.54) is 0 Å². The average Bonchev–Trinajstić information content (AvgIpc) is 3.16. The second-order valence-corrected chi connectivity index (χ2v) is 6.44. The molecule has 1 spiro atoms. The van der Waals surface area contributed by atoms with Crippen molar-refractivity contribution < 1.29 is 37.3 Å². The van der Waals surface area contributed by atoms with E-state index >= 15 is 0 Å². The first-order valence-electron chi connectivity index (χ1n) is 8.15. The van der Waals surface area contributed by atoms with Gasteiger partial charge in [0.15, 0.2) is 0 Å². The highest BCUT2D eigenvalue weighted by atomic mass is 19.4. The largest absolute Gasteiger partial charge is 0.490 e. The number of hydrogen-bond acceptors (Lipinski definition) is 5. The fourth-order valence-electron chi connectivity index (χ4n) is 3.11. The predicted octanol–water partition coefficient (Wildman–Crippen LogP) is 1.58. The number of carboxylic acid groups (broad SMARTS) is 1. The molecule has 140 valence electrons. The molecule has 9 heteroatoms. The van der Waals surface area contributed by atoms with Crippen molar-refractivity contribution in [3.8, 4) is 0 Å². The maximum atomic E-state index is 10.6. The van der Waals surface area contributed by atoms with Crippen molar-refractivity contribution in [2.45, 2.75) is 43.6 Å². The zero-order valence-corrected chi connectivity index (χ0v) is 13.4. The third-order valence-corrected chi connectivity index (χ3v) is 4.53. The van der Waals surface area contributed by atoms with Crippen LogP contribution in [0.1, 0.15) is 25.7 Å². The van der Waals surface area contributed by atoms with Crippen LogP contribution in [-0.4, -0.2) is 68.5 Å². The summed E-state index contributed by atoms with van der Waals surface area (Å²) in [5, 5.41) is 10.5. The zero-order valence-electron chi connectivity index (χ0n) is 13.4. The van der Waals surface area contributed by atoms with Crippen molar-refractivity contribution >= 4 is 5.97 Å². The van der Waals surface area contributed by atoms with Crippen LogP contribution in [0.4, 0.5) is 13.2 Å². The lowest BCUT2D eigenvalue weighted by Crippen LogP contribution is -2.31. The van der Waals surface area contributed by atoms with Crippen LogP contribution in [0.2, 0.25) is 0 Å². The molecule has 0 amide bonds. The van der Waals surface area contributed by atoms with Crippen LogP contribution < -0.4 is 5.32 Å². The maximum absolute atomic E-state index is 10.6. The Hall–Kier alpha value is -0.900. The van der Waals surface area contributed by atoms with Crippen molar-refractivity contribution in [1.82, 2.24) is 5.32 Å². The van der Waals surface area contributed by atoms with E-state index in [-0.39, 0.29) is 5.60 Å². The minimum atomic E-state index is -5.08. The molecule has 3 saturated heterocycles. The molecule has 6 nitrogen and oxygen atoms in total. The maximum Gasteiger partial charge on any atom is 0.490 e. The van der Waals surface area contributed by atoms with Gasteiger partial charge in [-0.15, -0.1) is 0 Å². The first-order chi connectivity index (χ1) is 11.3. The van der Waals surface area contributed by atoms with Gasteiger partial charge >= 0.3 is 12.1 Å². The third-order valence-electron chi connectivity index (χ3n) is 4.53. The van der Waals surface area contributed by atoms with E-state index in [4.69, 9.17) is 24.1 Å². The Morgan fingerprint density at radius 2 is 2.00 bits per heavy atom. The smallest absolute Gasteiger partial charge is 0.475 e. The van der Waals surface area contributed by atoms with Crippen LogP contribution in [0.3, 0.4) is 0 Å². The molecule has 3 fully saturated rings. The Bertz CT molecular complexity index is 406. The fraction of sp³-hybridized carbons (Fsp3) is 0.933. The molecule has 24 heavy (non-hydrogen) atoms. The standard InChI is InChI=1S/C13H23NO3.C2HF3O2/c1-5-15-6-2-11(1)8-16-12-7-13(17-9-12)3-4-14-10-13;3-2(4,5)1(6)7/h11-12,14H,1-10H2;(H,6,7)/t12-,13+;/m1./s1. The van der Waals surface area contributed by atoms with Crippen LogP contribution in [0, 0.1) is 5.92 Å². The Morgan fingerprint density at radius 1 is 1.33 bits per heavy atom. The molecule has 0 aromatic rings. The Kier molecular flexibility index (Phi) is 6.85. The second kappa shape index (κ2) is 8.46. The molecule has 3 heterocycles. The number of carboxylic acids is 1. The predicted molar refractivity (Wildman–Crippen MR) is 77.8 cm³/mol. The summed E-state index contributed by atoms with van der Waals surface area (Å²) in [5.41, 5.74) is 0.0976. The van der Waals surface area contributed by atoms with Gasteiger partial charge in [0, 0.05) is 26.2 Å². The lowest BCUT2D eigenvalue weighted by atomic mass is 9.98. The minimum Gasteiger partial charge on any atom is -0.475 e. The van der Waals surface area contributed by atoms with Crippen LogP contribution in [-0.2, 0) is 19.0 Å². The number of ether oxygens (including phenoxy) is 3. The minimum absolute atomic E-state index is 0.0976. The quantitative estimate of drug-likeness (QED) is 0.801. The van der Waals surface area contributed by atoms with Gasteiger partial charge in [0.1, 0.15) is 0 Å². The van der Waals surface area contributed by atoms with Crippen LogP contribution in [0.25, 0.3) is 0 Å². The molecule has 3 rings (SSSR count). The summed E-state index contributed by atoms with van der Waals surface area (Å²) in [7, 11) is 0. The molecule has 2 N–H and O–H groups in total. The molecule has 0 aliphatic carbocycles. The molecule has 0 radical (unpaired) electrons. The van der Waals surface area contributed by atoms with E-state index in [2.05, 4.69) is 5.32 Å². The highest BCUT2D eigenvalue weighted by Gasteiger charge is 2.43. The molecule has 0 saturated carbocycles. The molecular weight excluding hydrogens is 331 g/mol. The van der Waals surface area contributed by atoms with Gasteiger partial charge in [-0.1, -0.05) is 0 Å². The lowest BCUT2D eigenvalue weighted by Gasteiger charge is -2.24. The average molecular weight is 355 g/mol. The second-order valence-electron chi connectivity index (χ2n) is 6.44. The fourth-order valence-corrected chi connectivity index (χ4v) is 3.11. The van der Waals surface area contributed by atoms with Gasteiger partial charge in [-0.25, -0.2) is 4.79 Å². The first-order valence-corrected chi connectivity index (χ1v) is 8.15. The molecular formula is C15H24F3NO5. The highest BCUT2D eigenvalue weighted by Crippen LogP contribution is 2.33. The summed E-state index contributed by atoms with van der Waals surface area (Å²) in [6, 6.07) is 0. The summed E-state index contributed by atoms with van der Waals surface area (Å²) in [6.07, 6.45) is -0.244. The summed E-state index contributed by atoms with van der Waals surface area (Å²) >= 11 is 0. The van der Waals surface area contributed by atoms with Gasteiger partial charge in [-0.3, -0.25) is 0 Å². The third kappa shape index (κ3) is 5.87. The number of rotatable bonds is 3. The molecule has 3 aliphatic rings. The zero-order chi connectivity index (χ0) is 17.6. The number of aliphatic carboxylic acids is 1. The van der Waals surface area contributed by atoms with E-state index in [0.717, 1.165) is 65.2 Å². The topological polar surface area (TPSA) is 77.0 Å². The molecule has 0 bridgehead atoms. The molecule has 0 unspecified atom stereocenters. The van der Waals surface area contributed by atoms with Crippen molar-refractivity contribution in [2.24, 2.45) is 5.92 Å². The van der Waals surface area contributed by atoms with E-state index in [1.54, 1.807) is 0 Å². The summed E-state index contributed by atoms with van der Waals surface area (Å²) in [6.45, 7) is 5.58. The summed E-state index contributed by atoms with van der Waals surface area (Å²) in [4.78, 5) is 8.90. The van der Waals surface area contributed by atoms with Gasteiger partial charge in [0.2, 0.25) is 0 Å². The SMILES string of the molecule is C1C[C@@]2(CN1)C[C@@H](OCC1CCOCC1)CO2.O=C(O)C(F)(F)F. The van der Waals surface area contributed by atoms with Crippen LogP contribution >= 0.6 is 0 Å². The van der Waals surface area contributed by atoms with Gasteiger partial charge in [0.05, 0.1) is 24.9 Å². The Balaban J connectivity index is 0.000000256. The molecule has 2 atom stereocenters. The van der Waals surface area contributed by atoms with Crippen molar-refractivity contribution in [3.05, 3.63) is 0 Å². The molecule has 3 aliphatic heterocycles. The van der Waals surface area contributed by atoms with Crippen molar-refractivity contribution in [2.75, 3.05) is 39.5 Å². The Morgan fingerprint density at radius 3 is 2.54 bits per heavy atom. The van der Waals surface area contributed by atoms with Gasteiger partial charge < -0.3 is 24.6 Å². The van der Waals surface area contributed by atoms with Gasteiger partial charge in [0.25, 0.3) is 0 Å². The monoisotopic (exact) mass is 355 g/mol. The summed E-state index contributed by atoms with van der Waals surface area (Å²) in [5.74, 6) is -2.06. The van der Waals surface area contributed by atoms with E-state index < -0.39 is 12.1 Å². The number of alkyl halides is 3. The molecule has 0 aromatic carbocycles. The summed E-state index contributed by atoms with van der Waals surface area (Å²) < 4.78 is 49.1. The van der Waals surface area contributed by atoms with Gasteiger partial charge in [-0.2, -0.15) is 13.2 Å². The van der Waals surface area contributed by atoms with Crippen LogP contribution in [0.5, 0.6) is 0 Å². The van der Waals surface area contributed by atoms with E-state index in [1.807, 2.05) is 0 Å². The first kappa shape index (κ1) is 19.4. The lowest BCUT2D eigenvalue weighted by molar-refractivity contribution is -0.192. The highest BCUT2D eigenvalue weighted by molar-refractivity contribution is 5.73.